The number of fused-ring (bicyclic) bond motifs is 6. The Labute approximate surface area is 339 Å². The first kappa shape index (κ1) is 34.1. The van der Waals surface area contributed by atoms with Crippen molar-refractivity contribution in [2.24, 2.45) is 0 Å². The second kappa shape index (κ2) is 14.4. The van der Waals surface area contributed by atoms with E-state index in [9.17, 15) is 0 Å². The van der Waals surface area contributed by atoms with Crippen molar-refractivity contribution in [3.05, 3.63) is 217 Å². The molecule has 1 unspecified atom stereocenters. The molecule has 2 nitrogen and oxygen atoms in total. The largest absolute Gasteiger partial charge is 0.455 e. The van der Waals surface area contributed by atoms with Crippen LogP contribution in [0.15, 0.2) is 205 Å². The molecular weight excluding hydrogens is 703 g/mol. The molecule has 276 valence electrons. The van der Waals surface area contributed by atoms with Crippen LogP contribution in [0.25, 0.3) is 77.7 Å². The molecule has 1 aromatic heterocycles. The van der Waals surface area contributed by atoms with Gasteiger partial charge < -0.3 is 9.32 Å². The van der Waals surface area contributed by atoms with E-state index >= 15 is 0 Å². The number of hydrogen-bond acceptors (Lipinski definition) is 2. The number of para-hydroxylation sites is 1. The van der Waals surface area contributed by atoms with Crippen molar-refractivity contribution >= 4 is 55.7 Å². The highest BCUT2D eigenvalue weighted by molar-refractivity contribution is 6.12. The minimum Gasteiger partial charge on any atom is -0.455 e. The van der Waals surface area contributed by atoms with Crippen LogP contribution < -0.4 is 4.90 Å². The SMILES string of the molecule is C1=Cc2c(-c3cccc4c3oc3ccc(-c5ccc(N(c6ccc(-c7ccccc7)cc6)C6C=CC(c7ccccc7)=CC6)cc5)cc34)cc3ccccc3c2CC1. The van der Waals surface area contributed by atoms with Crippen LogP contribution in [0.5, 0.6) is 0 Å². The molecule has 0 radical (unpaired) electrons. The van der Waals surface area contributed by atoms with Gasteiger partial charge in [-0.05, 0) is 123 Å². The number of nitrogens with zero attached hydrogens (tertiary/aromatic N) is 1. The standard InChI is InChI=1S/C56H41NO/c1-3-12-38(13-4-1)40-22-29-45(30-23-40)57(46-31-24-41(25-32-46)39-14-5-2-6-15-39)47-33-26-42(27-34-47)43-28-35-55-54(36-43)52-21-11-20-51(56(52)58-55)53-37-44-16-7-8-17-48(44)49-18-9-10-19-50(49)53/h1-8,10-17,19-31,33-37,46H,9,18,32H2. The van der Waals surface area contributed by atoms with Crippen molar-refractivity contribution in [1.82, 2.24) is 0 Å². The molecule has 2 aliphatic rings. The lowest BCUT2D eigenvalue weighted by atomic mass is 9.85. The summed E-state index contributed by atoms with van der Waals surface area (Å²) in [5.41, 5.74) is 16.6. The summed E-state index contributed by atoms with van der Waals surface area (Å²) >= 11 is 0. The van der Waals surface area contributed by atoms with E-state index in [4.69, 9.17) is 4.42 Å². The monoisotopic (exact) mass is 743 g/mol. The van der Waals surface area contributed by atoms with E-state index in [-0.39, 0.29) is 6.04 Å². The summed E-state index contributed by atoms with van der Waals surface area (Å²) in [6.45, 7) is 0. The quantitative estimate of drug-likeness (QED) is 0.162. The Morgan fingerprint density at radius 1 is 0.500 bits per heavy atom. The first-order chi connectivity index (χ1) is 28.7. The van der Waals surface area contributed by atoms with Gasteiger partial charge in [-0.2, -0.15) is 0 Å². The van der Waals surface area contributed by atoms with Gasteiger partial charge in [-0.25, -0.2) is 0 Å². The molecule has 0 amide bonds. The van der Waals surface area contributed by atoms with Crippen molar-refractivity contribution in [2.75, 3.05) is 4.90 Å². The maximum atomic E-state index is 6.73. The number of aryl methyl sites for hydroxylation is 1. The fourth-order valence-electron chi connectivity index (χ4n) is 9.18. The van der Waals surface area contributed by atoms with Crippen LogP contribution in [-0.2, 0) is 6.42 Å². The van der Waals surface area contributed by atoms with Crippen LogP contribution in [0.1, 0.15) is 29.5 Å². The molecule has 0 fully saturated rings. The summed E-state index contributed by atoms with van der Waals surface area (Å²) in [4.78, 5) is 2.47. The topological polar surface area (TPSA) is 16.4 Å². The van der Waals surface area contributed by atoms with Gasteiger partial charge in [-0.15, -0.1) is 0 Å². The fourth-order valence-corrected chi connectivity index (χ4v) is 9.18. The van der Waals surface area contributed by atoms with Gasteiger partial charge >= 0.3 is 0 Å². The maximum absolute atomic E-state index is 6.73. The first-order valence-electron chi connectivity index (χ1n) is 20.4. The molecule has 9 aromatic rings. The number of rotatable bonds is 7. The summed E-state index contributed by atoms with van der Waals surface area (Å²) in [6.07, 6.45) is 14.7. The second-order valence-electron chi connectivity index (χ2n) is 15.5. The number of hydrogen-bond donors (Lipinski definition) is 0. The van der Waals surface area contributed by atoms with Gasteiger partial charge in [-0.3, -0.25) is 0 Å². The Morgan fingerprint density at radius 2 is 1.16 bits per heavy atom. The molecule has 1 atom stereocenters. The molecule has 0 bridgehead atoms. The third kappa shape index (κ3) is 6.06. The Hall–Kier alpha value is -7.16. The number of furan rings is 1. The van der Waals surface area contributed by atoms with Gasteiger partial charge in [0.1, 0.15) is 11.2 Å². The molecule has 1 heterocycles. The molecule has 58 heavy (non-hydrogen) atoms. The lowest BCUT2D eigenvalue weighted by molar-refractivity contribution is 0.670. The molecule has 2 aliphatic carbocycles. The Kier molecular flexibility index (Phi) is 8.47. The van der Waals surface area contributed by atoms with Crippen LogP contribution in [0.4, 0.5) is 11.4 Å². The van der Waals surface area contributed by atoms with Crippen molar-refractivity contribution < 1.29 is 4.42 Å². The Morgan fingerprint density at radius 3 is 1.90 bits per heavy atom. The molecular formula is C56H41NO. The molecule has 2 heteroatoms. The zero-order valence-electron chi connectivity index (χ0n) is 32.2. The van der Waals surface area contributed by atoms with Crippen LogP contribution in [0.2, 0.25) is 0 Å². The molecule has 8 aromatic carbocycles. The second-order valence-corrected chi connectivity index (χ2v) is 15.5. The van der Waals surface area contributed by atoms with Crippen LogP contribution >= 0.6 is 0 Å². The third-order valence-corrected chi connectivity index (χ3v) is 12.1. The highest BCUT2D eigenvalue weighted by Crippen LogP contribution is 2.43. The lowest BCUT2D eigenvalue weighted by Gasteiger charge is -2.33. The molecule has 0 spiro atoms. The third-order valence-electron chi connectivity index (χ3n) is 12.1. The molecule has 0 saturated heterocycles. The van der Waals surface area contributed by atoms with Gasteiger partial charge in [-0.1, -0.05) is 164 Å². The smallest absolute Gasteiger partial charge is 0.143 e. The summed E-state index contributed by atoms with van der Waals surface area (Å²) in [5, 5.41) is 4.91. The Balaban J connectivity index is 0.947. The summed E-state index contributed by atoms with van der Waals surface area (Å²) in [6, 6.07) is 63.9. The van der Waals surface area contributed by atoms with Crippen LogP contribution in [0.3, 0.4) is 0 Å². The van der Waals surface area contributed by atoms with Gasteiger partial charge in [0.15, 0.2) is 0 Å². The lowest BCUT2D eigenvalue weighted by Crippen LogP contribution is -2.30. The summed E-state index contributed by atoms with van der Waals surface area (Å²) < 4.78 is 6.73. The normalized spacial score (nSPS) is 14.8. The average Bonchev–Trinajstić information content (AvgIpc) is 3.69. The van der Waals surface area contributed by atoms with Crippen molar-refractivity contribution in [2.45, 2.75) is 25.3 Å². The van der Waals surface area contributed by atoms with Gasteiger partial charge in [0.2, 0.25) is 0 Å². The van der Waals surface area contributed by atoms with E-state index in [1.165, 1.54) is 66.5 Å². The molecule has 0 saturated carbocycles. The van der Waals surface area contributed by atoms with Crippen molar-refractivity contribution in [1.29, 1.82) is 0 Å². The van der Waals surface area contributed by atoms with Crippen LogP contribution in [-0.4, -0.2) is 6.04 Å². The minimum atomic E-state index is 0.174. The number of allylic oxidation sites excluding steroid dienone is 3. The molecule has 0 aliphatic heterocycles. The zero-order chi connectivity index (χ0) is 38.4. The molecule has 0 N–H and O–H groups in total. The maximum Gasteiger partial charge on any atom is 0.143 e. The fraction of sp³-hybridized carbons (Fsp3) is 0.0714. The highest BCUT2D eigenvalue weighted by Gasteiger charge is 2.22. The summed E-state index contributed by atoms with van der Waals surface area (Å²) in [7, 11) is 0. The van der Waals surface area contributed by atoms with Crippen molar-refractivity contribution in [3.8, 4) is 33.4 Å². The van der Waals surface area contributed by atoms with E-state index in [1.54, 1.807) is 0 Å². The highest BCUT2D eigenvalue weighted by atomic mass is 16.3. The first-order valence-corrected chi connectivity index (χ1v) is 20.4. The van der Waals surface area contributed by atoms with E-state index in [1.807, 2.05) is 0 Å². The molecule has 11 rings (SSSR count). The minimum absolute atomic E-state index is 0.174. The van der Waals surface area contributed by atoms with Gasteiger partial charge in [0, 0.05) is 27.7 Å². The van der Waals surface area contributed by atoms with E-state index in [0.29, 0.717) is 0 Å². The predicted octanol–water partition coefficient (Wildman–Crippen LogP) is 15.2. The zero-order valence-corrected chi connectivity index (χ0v) is 32.2. The average molecular weight is 744 g/mol. The summed E-state index contributed by atoms with van der Waals surface area (Å²) in [5.74, 6) is 0. The number of anilines is 2. The van der Waals surface area contributed by atoms with E-state index < -0.39 is 0 Å². The van der Waals surface area contributed by atoms with Gasteiger partial charge in [0.05, 0.1) is 6.04 Å². The van der Waals surface area contributed by atoms with E-state index in [2.05, 4.69) is 211 Å². The number of benzene rings is 8. The van der Waals surface area contributed by atoms with Crippen LogP contribution in [0, 0.1) is 0 Å². The van der Waals surface area contributed by atoms with E-state index in [0.717, 1.165) is 52.5 Å². The Bertz CT molecular complexity index is 3060. The predicted molar refractivity (Wildman–Crippen MR) is 245 cm³/mol. The van der Waals surface area contributed by atoms with Crippen molar-refractivity contribution in [3.63, 3.8) is 0 Å². The van der Waals surface area contributed by atoms with Gasteiger partial charge in [0.25, 0.3) is 0 Å².